The van der Waals surface area contributed by atoms with Crippen LogP contribution in [0.4, 0.5) is 5.69 Å². The molecule has 2 saturated heterocycles. The lowest BCUT2D eigenvalue weighted by atomic mass is 9.81. The van der Waals surface area contributed by atoms with Crippen LogP contribution in [0, 0.1) is 5.92 Å². The van der Waals surface area contributed by atoms with E-state index < -0.39 is 0 Å². The number of anilines is 1. The SMILES string of the molecule is O=C1[C@H](N[C@@H]2CCC[C@@H]3OCC[C@@H]32)CCN1c1ccccc1Cl. The highest BCUT2D eigenvalue weighted by molar-refractivity contribution is 6.33. The number of ether oxygens (including phenoxy) is 1. The molecule has 1 aliphatic carbocycles. The van der Waals surface area contributed by atoms with Crippen LogP contribution >= 0.6 is 11.6 Å². The highest BCUT2D eigenvalue weighted by Crippen LogP contribution is 2.35. The molecular formula is C18H23ClN2O2. The fraction of sp³-hybridized carbons (Fsp3) is 0.611. The molecule has 0 spiro atoms. The zero-order valence-electron chi connectivity index (χ0n) is 13.2. The van der Waals surface area contributed by atoms with Crippen LogP contribution in [0.25, 0.3) is 0 Å². The number of fused-ring (bicyclic) bond motifs is 1. The summed E-state index contributed by atoms with van der Waals surface area (Å²) in [4.78, 5) is 14.6. The normalized spacial score (nSPS) is 34.0. The number of halogens is 1. The maximum Gasteiger partial charge on any atom is 0.244 e. The molecule has 1 aromatic rings. The molecule has 4 nitrogen and oxygen atoms in total. The predicted octanol–water partition coefficient (Wildman–Crippen LogP) is 2.99. The molecule has 1 aromatic carbocycles. The number of hydrogen-bond donors (Lipinski definition) is 1. The van der Waals surface area contributed by atoms with Gasteiger partial charge in [-0.3, -0.25) is 4.79 Å². The largest absolute Gasteiger partial charge is 0.378 e. The molecule has 3 fully saturated rings. The van der Waals surface area contributed by atoms with Crippen molar-refractivity contribution in [2.45, 2.75) is 50.3 Å². The van der Waals surface area contributed by atoms with Gasteiger partial charge in [0, 0.05) is 25.1 Å². The van der Waals surface area contributed by atoms with Gasteiger partial charge in [-0.05, 0) is 44.2 Å². The number of nitrogens with zero attached hydrogens (tertiary/aromatic N) is 1. The molecule has 4 atom stereocenters. The molecule has 4 rings (SSSR count). The fourth-order valence-corrected chi connectivity index (χ4v) is 4.62. The summed E-state index contributed by atoms with van der Waals surface area (Å²) in [5.74, 6) is 0.727. The first-order chi connectivity index (χ1) is 11.2. The number of carbonyl (C=O) groups excluding carboxylic acids is 1. The van der Waals surface area contributed by atoms with E-state index in [9.17, 15) is 4.79 Å². The smallest absolute Gasteiger partial charge is 0.244 e. The minimum atomic E-state index is -0.0874. The predicted molar refractivity (Wildman–Crippen MR) is 90.8 cm³/mol. The Morgan fingerprint density at radius 2 is 2.04 bits per heavy atom. The zero-order valence-corrected chi connectivity index (χ0v) is 14.0. The molecule has 1 N–H and O–H groups in total. The Labute approximate surface area is 142 Å². The van der Waals surface area contributed by atoms with Crippen molar-refractivity contribution in [1.29, 1.82) is 0 Å². The summed E-state index contributed by atoms with van der Waals surface area (Å²) in [6.45, 7) is 1.61. The number of benzene rings is 1. The molecule has 1 saturated carbocycles. The maximum atomic E-state index is 12.8. The summed E-state index contributed by atoms with van der Waals surface area (Å²) < 4.78 is 5.83. The van der Waals surface area contributed by atoms with Gasteiger partial charge >= 0.3 is 0 Å². The van der Waals surface area contributed by atoms with Crippen LogP contribution in [0.1, 0.15) is 32.1 Å². The van der Waals surface area contributed by atoms with Crippen LogP contribution in [0.3, 0.4) is 0 Å². The average molecular weight is 335 g/mol. The van der Waals surface area contributed by atoms with Crippen molar-refractivity contribution in [2.75, 3.05) is 18.1 Å². The number of hydrogen-bond acceptors (Lipinski definition) is 3. The van der Waals surface area contributed by atoms with Gasteiger partial charge in [-0.25, -0.2) is 0 Å². The molecule has 0 unspecified atom stereocenters. The summed E-state index contributed by atoms with van der Waals surface area (Å²) >= 11 is 6.25. The Morgan fingerprint density at radius 3 is 2.91 bits per heavy atom. The standard InChI is InChI=1S/C18H23ClN2O2/c19-13-4-1-2-6-16(13)21-10-8-15(18(21)22)20-14-5-3-7-17-12(14)9-11-23-17/h1-2,4,6,12,14-15,17,20H,3,5,7-11H2/t12-,14-,15-,17+/m1/s1. The second-order valence-corrected chi connectivity index (χ2v) is 7.26. The van der Waals surface area contributed by atoms with Crippen molar-refractivity contribution in [3.05, 3.63) is 29.3 Å². The van der Waals surface area contributed by atoms with Gasteiger partial charge in [0.05, 0.1) is 22.9 Å². The molecule has 3 aliphatic rings. The highest BCUT2D eigenvalue weighted by Gasteiger charge is 2.41. The molecule has 5 heteroatoms. The van der Waals surface area contributed by atoms with E-state index in [0.29, 0.717) is 23.1 Å². The summed E-state index contributed by atoms with van der Waals surface area (Å²) in [5.41, 5.74) is 0.828. The molecule has 2 aliphatic heterocycles. The van der Waals surface area contributed by atoms with Crippen molar-refractivity contribution in [1.82, 2.24) is 5.32 Å². The van der Waals surface area contributed by atoms with Gasteiger partial charge < -0.3 is 15.0 Å². The fourth-order valence-electron chi connectivity index (χ4n) is 4.39. The monoisotopic (exact) mass is 334 g/mol. The molecule has 0 bridgehead atoms. The first-order valence-corrected chi connectivity index (χ1v) is 9.05. The quantitative estimate of drug-likeness (QED) is 0.924. The van der Waals surface area contributed by atoms with E-state index in [-0.39, 0.29) is 11.9 Å². The molecule has 1 amide bonds. The Bertz CT molecular complexity index is 594. The second kappa shape index (κ2) is 6.42. The third-order valence-electron chi connectivity index (χ3n) is 5.55. The van der Waals surface area contributed by atoms with E-state index in [4.69, 9.17) is 16.3 Å². The Kier molecular flexibility index (Phi) is 4.31. The Balaban J connectivity index is 1.45. The van der Waals surface area contributed by atoms with Gasteiger partial charge in [0.25, 0.3) is 0 Å². The molecule has 2 heterocycles. The summed E-state index contributed by atoms with van der Waals surface area (Å²) in [6, 6.07) is 7.91. The van der Waals surface area contributed by atoms with Crippen LogP contribution in [0.2, 0.25) is 5.02 Å². The van der Waals surface area contributed by atoms with E-state index >= 15 is 0 Å². The Hall–Kier alpha value is -1.10. The number of nitrogens with one attached hydrogen (secondary N) is 1. The van der Waals surface area contributed by atoms with Crippen molar-refractivity contribution >= 4 is 23.2 Å². The van der Waals surface area contributed by atoms with Gasteiger partial charge in [0.2, 0.25) is 5.91 Å². The number of rotatable bonds is 3. The van der Waals surface area contributed by atoms with Gasteiger partial charge in [0.15, 0.2) is 0 Å². The number of para-hydroxylation sites is 1. The van der Waals surface area contributed by atoms with Crippen LogP contribution in [0.5, 0.6) is 0 Å². The second-order valence-electron chi connectivity index (χ2n) is 6.85. The lowest BCUT2D eigenvalue weighted by molar-refractivity contribution is -0.119. The van der Waals surface area contributed by atoms with Crippen LogP contribution in [0.15, 0.2) is 24.3 Å². The van der Waals surface area contributed by atoms with E-state index in [1.54, 1.807) is 0 Å². The van der Waals surface area contributed by atoms with Crippen molar-refractivity contribution < 1.29 is 9.53 Å². The molecule has 23 heavy (non-hydrogen) atoms. The minimum Gasteiger partial charge on any atom is -0.378 e. The van der Waals surface area contributed by atoms with E-state index in [2.05, 4.69) is 5.32 Å². The first kappa shape index (κ1) is 15.4. The highest BCUT2D eigenvalue weighted by atomic mass is 35.5. The summed E-state index contributed by atoms with van der Waals surface area (Å²) in [7, 11) is 0. The molecular weight excluding hydrogens is 312 g/mol. The molecule has 0 radical (unpaired) electrons. The first-order valence-electron chi connectivity index (χ1n) is 8.67. The van der Waals surface area contributed by atoms with Gasteiger partial charge in [-0.15, -0.1) is 0 Å². The third-order valence-corrected chi connectivity index (χ3v) is 5.86. The Morgan fingerprint density at radius 1 is 1.17 bits per heavy atom. The van der Waals surface area contributed by atoms with Gasteiger partial charge in [-0.1, -0.05) is 23.7 Å². The van der Waals surface area contributed by atoms with Gasteiger partial charge in [0.1, 0.15) is 0 Å². The number of carbonyl (C=O) groups is 1. The lowest BCUT2D eigenvalue weighted by Gasteiger charge is -2.34. The van der Waals surface area contributed by atoms with Crippen LogP contribution in [-0.2, 0) is 9.53 Å². The summed E-state index contributed by atoms with van der Waals surface area (Å²) in [5, 5.41) is 4.29. The van der Waals surface area contributed by atoms with Crippen molar-refractivity contribution in [2.24, 2.45) is 5.92 Å². The lowest BCUT2D eigenvalue weighted by Crippen LogP contribution is -2.50. The van der Waals surface area contributed by atoms with Crippen LogP contribution in [-0.4, -0.2) is 37.2 Å². The zero-order chi connectivity index (χ0) is 15.8. The van der Waals surface area contributed by atoms with Crippen molar-refractivity contribution in [3.8, 4) is 0 Å². The van der Waals surface area contributed by atoms with E-state index in [0.717, 1.165) is 38.1 Å². The minimum absolute atomic E-state index is 0.0874. The van der Waals surface area contributed by atoms with E-state index in [1.165, 1.54) is 12.8 Å². The van der Waals surface area contributed by atoms with Crippen LogP contribution < -0.4 is 10.2 Å². The van der Waals surface area contributed by atoms with Crippen molar-refractivity contribution in [3.63, 3.8) is 0 Å². The molecule has 124 valence electrons. The third kappa shape index (κ3) is 2.88. The maximum absolute atomic E-state index is 12.8. The van der Waals surface area contributed by atoms with Gasteiger partial charge in [-0.2, -0.15) is 0 Å². The topological polar surface area (TPSA) is 41.6 Å². The molecule has 0 aromatic heterocycles. The van der Waals surface area contributed by atoms with E-state index in [1.807, 2.05) is 29.2 Å². The summed E-state index contributed by atoms with van der Waals surface area (Å²) in [6.07, 6.45) is 5.88. The average Bonchev–Trinajstić information content (AvgIpc) is 3.17. The number of amides is 1.